The number of benzene rings is 2. The van der Waals surface area contributed by atoms with Crippen LogP contribution in [0.2, 0.25) is 5.02 Å². The zero-order chi connectivity index (χ0) is 18.3. The van der Waals surface area contributed by atoms with E-state index in [1.807, 2.05) is 26.0 Å². The summed E-state index contributed by atoms with van der Waals surface area (Å²) in [4.78, 5) is 10.8. The molecule has 0 heterocycles. The first-order valence-corrected chi connectivity index (χ1v) is 8.75. The highest BCUT2D eigenvalue weighted by Gasteiger charge is 2.02. The van der Waals surface area contributed by atoms with Gasteiger partial charge in [0.15, 0.2) is 0 Å². The smallest absolute Gasteiger partial charge is 0.287 e. The molecular formula is C17H18ClNO4S. The van der Waals surface area contributed by atoms with Crippen LogP contribution < -0.4 is 5.73 Å². The van der Waals surface area contributed by atoms with Gasteiger partial charge in [-0.25, -0.2) is 0 Å². The summed E-state index contributed by atoms with van der Waals surface area (Å²) in [6.45, 7) is 3.87. The van der Waals surface area contributed by atoms with Gasteiger partial charge in [-0.2, -0.15) is 8.42 Å². The summed E-state index contributed by atoms with van der Waals surface area (Å²) in [5, 5.41) is 1.12. The van der Waals surface area contributed by atoms with E-state index in [1.165, 1.54) is 6.08 Å². The minimum Gasteiger partial charge on any atom is -0.366 e. The van der Waals surface area contributed by atoms with Crippen LogP contribution in [0.1, 0.15) is 27.0 Å². The lowest BCUT2D eigenvalue weighted by atomic mass is 10.1. The molecule has 5 nitrogen and oxygen atoms in total. The minimum absolute atomic E-state index is 0.359. The van der Waals surface area contributed by atoms with Gasteiger partial charge in [-0.1, -0.05) is 47.5 Å². The Morgan fingerprint density at radius 2 is 1.79 bits per heavy atom. The van der Waals surface area contributed by atoms with E-state index in [-0.39, 0.29) is 5.91 Å². The molecule has 0 aliphatic heterocycles. The molecule has 7 heteroatoms. The van der Waals surface area contributed by atoms with Crippen molar-refractivity contribution in [2.24, 2.45) is 5.73 Å². The molecule has 128 valence electrons. The molecule has 2 aromatic carbocycles. The Hall–Kier alpha value is -2.15. The van der Waals surface area contributed by atoms with E-state index in [0.717, 1.165) is 11.1 Å². The molecule has 0 radical (unpaired) electrons. The van der Waals surface area contributed by atoms with Gasteiger partial charge in [0.1, 0.15) is 0 Å². The number of halogens is 1. The third-order valence-corrected chi connectivity index (χ3v) is 3.80. The lowest BCUT2D eigenvalue weighted by Crippen LogP contribution is -2.12. The predicted molar refractivity (Wildman–Crippen MR) is 96.5 cm³/mol. The van der Waals surface area contributed by atoms with Crippen LogP contribution in [-0.2, 0) is 10.1 Å². The largest absolute Gasteiger partial charge is 0.366 e. The average molecular weight is 368 g/mol. The second-order valence-electron chi connectivity index (χ2n) is 5.02. The van der Waals surface area contributed by atoms with E-state index in [9.17, 15) is 13.2 Å². The molecular weight excluding hydrogens is 350 g/mol. The Kier molecular flexibility index (Phi) is 7.16. The number of hydrogen-bond donors (Lipinski definition) is 2. The van der Waals surface area contributed by atoms with Crippen molar-refractivity contribution in [3.05, 3.63) is 75.1 Å². The molecule has 2 aromatic rings. The minimum atomic E-state index is -4.08. The van der Waals surface area contributed by atoms with Crippen molar-refractivity contribution in [1.82, 2.24) is 0 Å². The summed E-state index contributed by atoms with van der Waals surface area (Å²) in [5.41, 5.74) is 8.36. The first kappa shape index (κ1) is 19.9. The number of carbonyl (C=O) groups excluding carboxylic acids is 1. The Morgan fingerprint density at radius 3 is 2.29 bits per heavy atom. The molecule has 0 bridgehead atoms. The van der Waals surface area contributed by atoms with Crippen molar-refractivity contribution >= 4 is 33.7 Å². The SMILES string of the molecule is Cc1ccc(C(N)=O)c(C)c1.O=S(=O)(O)/C=C/c1ccccc1Cl. The third-order valence-electron chi connectivity index (χ3n) is 2.97. The Balaban J connectivity index is 0.000000243. The second kappa shape index (κ2) is 8.63. The normalized spacial score (nSPS) is 11.0. The Bertz CT molecular complexity index is 861. The Labute approximate surface area is 146 Å². The van der Waals surface area contributed by atoms with Gasteiger partial charge >= 0.3 is 0 Å². The number of hydrogen-bond acceptors (Lipinski definition) is 3. The van der Waals surface area contributed by atoms with Crippen LogP contribution in [0.4, 0.5) is 0 Å². The van der Waals surface area contributed by atoms with E-state index in [1.54, 1.807) is 30.3 Å². The number of aryl methyl sites for hydroxylation is 2. The van der Waals surface area contributed by atoms with Crippen molar-refractivity contribution in [2.45, 2.75) is 13.8 Å². The monoisotopic (exact) mass is 367 g/mol. The molecule has 0 aromatic heterocycles. The molecule has 0 unspecified atom stereocenters. The third kappa shape index (κ3) is 6.95. The zero-order valence-corrected chi connectivity index (χ0v) is 14.8. The summed E-state index contributed by atoms with van der Waals surface area (Å²) in [6.07, 6.45) is 1.23. The van der Waals surface area contributed by atoms with Gasteiger partial charge in [0.05, 0.1) is 5.41 Å². The molecule has 0 spiro atoms. The second-order valence-corrected chi connectivity index (χ2v) is 6.73. The van der Waals surface area contributed by atoms with Crippen LogP contribution in [-0.4, -0.2) is 18.9 Å². The summed E-state index contributed by atoms with van der Waals surface area (Å²) in [6, 6.07) is 12.3. The molecule has 0 aliphatic carbocycles. The van der Waals surface area contributed by atoms with Gasteiger partial charge in [0, 0.05) is 10.6 Å². The fraction of sp³-hybridized carbons (Fsp3) is 0.118. The highest BCUT2D eigenvalue weighted by Crippen LogP contribution is 2.16. The molecule has 24 heavy (non-hydrogen) atoms. The van der Waals surface area contributed by atoms with Gasteiger partial charge in [-0.05, 0) is 43.2 Å². The fourth-order valence-electron chi connectivity index (χ4n) is 1.86. The number of primary amides is 1. The van der Waals surface area contributed by atoms with E-state index < -0.39 is 10.1 Å². The molecule has 0 aliphatic rings. The molecule has 2 rings (SSSR count). The predicted octanol–water partition coefficient (Wildman–Crippen LogP) is 3.60. The number of amides is 1. The Morgan fingerprint density at radius 1 is 1.17 bits per heavy atom. The maximum Gasteiger partial charge on any atom is 0.287 e. The first-order valence-electron chi connectivity index (χ1n) is 6.87. The van der Waals surface area contributed by atoms with Crippen molar-refractivity contribution in [2.75, 3.05) is 0 Å². The van der Waals surface area contributed by atoms with Crippen LogP contribution in [0.15, 0.2) is 47.9 Å². The fourth-order valence-corrected chi connectivity index (χ4v) is 2.38. The average Bonchev–Trinajstić information content (AvgIpc) is 2.45. The van der Waals surface area contributed by atoms with E-state index in [2.05, 4.69) is 0 Å². The van der Waals surface area contributed by atoms with Gasteiger partial charge in [-0.15, -0.1) is 0 Å². The lowest BCUT2D eigenvalue weighted by Gasteiger charge is -2.01. The first-order chi connectivity index (χ1) is 11.1. The van der Waals surface area contributed by atoms with E-state index >= 15 is 0 Å². The van der Waals surface area contributed by atoms with Crippen molar-refractivity contribution in [3.63, 3.8) is 0 Å². The highest BCUT2D eigenvalue weighted by atomic mass is 35.5. The van der Waals surface area contributed by atoms with Crippen LogP contribution in [0.25, 0.3) is 6.08 Å². The topological polar surface area (TPSA) is 97.5 Å². The van der Waals surface area contributed by atoms with Crippen molar-refractivity contribution in [3.8, 4) is 0 Å². The van der Waals surface area contributed by atoms with Crippen molar-refractivity contribution in [1.29, 1.82) is 0 Å². The van der Waals surface area contributed by atoms with E-state index in [0.29, 0.717) is 21.6 Å². The molecule has 0 fully saturated rings. The lowest BCUT2D eigenvalue weighted by molar-refractivity contribution is 0.0999. The summed E-state index contributed by atoms with van der Waals surface area (Å²) < 4.78 is 29.1. The van der Waals surface area contributed by atoms with Gasteiger partial charge < -0.3 is 5.73 Å². The van der Waals surface area contributed by atoms with Crippen LogP contribution in [0.5, 0.6) is 0 Å². The van der Waals surface area contributed by atoms with Crippen LogP contribution in [0.3, 0.4) is 0 Å². The summed E-state index contributed by atoms with van der Waals surface area (Å²) >= 11 is 5.73. The summed E-state index contributed by atoms with van der Waals surface area (Å²) in [5.74, 6) is -0.359. The molecule has 0 saturated carbocycles. The van der Waals surface area contributed by atoms with Gasteiger partial charge in [-0.3, -0.25) is 9.35 Å². The zero-order valence-electron chi connectivity index (χ0n) is 13.2. The molecule has 0 saturated heterocycles. The summed E-state index contributed by atoms with van der Waals surface area (Å²) in [7, 11) is -4.08. The number of rotatable bonds is 3. The van der Waals surface area contributed by atoms with Crippen LogP contribution in [0, 0.1) is 13.8 Å². The van der Waals surface area contributed by atoms with Crippen molar-refractivity contribution < 1.29 is 17.8 Å². The number of carbonyl (C=O) groups is 1. The maximum atomic E-state index is 10.8. The molecule has 1 amide bonds. The van der Waals surface area contributed by atoms with Crippen LogP contribution >= 0.6 is 11.6 Å². The number of nitrogens with two attached hydrogens (primary N) is 1. The highest BCUT2D eigenvalue weighted by molar-refractivity contribution is 7.88. The standard InChI is InChI=1S/C9H11NO.C8H7ClO3S/c1-6-3-4-8(9(10)11)7(2)5-6;9-8-4-2-1-3-7(8)5-6-13(10,11)12/h3-5H,1-2H3,(H2,10,11);1-6H,(H,10,11,12)/b;6-5+. The molecule has 3 N–H and O–H groups in total. The van der Waals surface area contributed by atoms with E-state index in [4.69, 9.17) is 21.9 Å². The maximum absolute atomic E-state index is 10.8. The molecule has 0 atom stereocenters. The quantitative estimate of drug-likeness (QED) is 0.810. The van der Waals surface area contributed by atoms with Gasteiger partial charge in [0.2, 0.25) is 5.91 Å². The van der Waals surface area contributed by atoms with Gasteiger partial charge in [0.25, 0.3) is 10.1 Å².